The number of carbonyl (C=O) groups is 1. The van der Waals surface area contributed by atoms with Gasteiger partial charge in [0, 0.05) is 12.0 Å². The molecule has 0 radical (unpaired) electrons. The largest absolute Gasteiger partial charge is 0.505 e. The van der Waals surface area contributed by atoms with E-state index in [4.69, 9.17) is 0 Å². The van der Waals surface area contributed by atoms with Crippen molar-refractivity contribution >= 4 is 5.78 Å². The van der Waals surface area contributed by atoms with Gasteiger partial charge in [-0.1, -0.05) is 18.2 Å². The molecule has 0 aliphatic heterocycles. The van der Waals surface area contributed by atoms with E-state index in [1.54, 1.807) is 6.07 Å². The Morgan fingerprint density at radius 1 is 0.926 bits per heavy atom. The number of Topliss-reactive ketones (excluding diaryl/α,β-unsaturated/α-hetero) is 1. The molecule has 0 bridgehead atoms. The summed E-state index contributed by atoms with van der Waals surface area (Å²) in [5.41, 5.74) is -0.239. The number of carbonyl (C=O) groups excluding carboxylic acids is 1. The molecule has 1 N–H and O–H groups in total. The molecule has 138 valence electrons. The molecule has 0 spiro atoms. The molecule has 27 heavy (non-hydrogen) atoms. The lowest BCUT2D eigenvalue weighted by atomic mass is 9.96. The van der Waals surface area contributed by atoms with Gasteiger partial charge >= 0.3 is 0 Å². The quantitative estimate of drug-likeness (QED) is 0.494. The minimum absolute atomic E-state index is 0.0364. The molecule has 0 aromatic heterocycles. The molecule has 3 aromatic carbocycles. The van der Waals surface area contributed by atoms with Crippen LogP contribution in [0.25, 0.3) is 11.1 Å². The Labute approximate surface area is 152 Å². The van der Waals surface area contributed by atoms with E-state index < -0.39 is 46.8 Å². The number of hydrogen-bond donors (Lipinski definition) is 1. The van der Waals surface area contributed by atoms with Gasteiger partial charge in [0.15, 0.2) is 17.3 Å². The van der Waals surface area contributed by atoms with Crippen LogP contribution in [0.3, 0.4) is 0 Å². The lowest BCUT2D eigenvalue weighted by molar-refractivity contribution is 0.0986. The Kier molecular flexibility index (Phi) is 4.99. The average molecular weight is 374 g/mol. The van der Waals surface area contributed by atoms with Crippen LogP contribution < -0.4 is 0 Å². The molecule has 0 saturated carbocycles. The van der Waals surface area contributed by atoms with Crippen molar-refractivity contribution in [1.82, 2.24) is 0 Å². The van der Waals surface area contributed by atoms with E-state index in [0.717, 1.165) is 12.1 Å². The number of phenols is 1. The summed E-state index contributed by atoms with van der Waals surface area (Å²) in [6, 6.07) is 10.0. The molecular formula is C21H14F4O2. The molecule has 0 fully saturated rings. The van der Waals surface area contributed by atoms with Crippen molar-refractivity contribution in [2.75, 3.05) is 0 Å². The molecule has 3 aromatic rings. The second-order valence-electron chi connectivity index (χ2n) is 6.12. The smallest absolute Gasteiger partial charge is 0.171 e. The highest BCUT2D eigenvalue weighted by Gasteiger charge is 2.22. The van der Waals surface area contributed by atoms with Crippen molar-refractivity contribution in [2.45, 2.75) is 13.3 Å². The van der Waals surface area contributed by atoms with Crippen molar-refractivity contribution in [1.29, 1.82) is 0 Å². The van der Waals surface area contributed by atoms with E-state index in [1.807, 2.05) is 0 Å². The summed E-state index contributed by atoms with van der Waals surface area (Å²) in [4.78, 5) is 12.5. The first-order valence-electron chi connectivity index (χ1n) is 8.03. The van der Waals surface area contributed by atoms with E-state index in [1.165, 1.54) is 37.3 Å². The summed E-state index contributed by atoms with van der Waals surface area (Å²) in [7, 11) is 0. The van der Waals surface area contributed by atoms with Crippen LogP contribution in [0.15, 0.2) is 48.5 Å². The van der Waals surface area contributed by atoms with Gasteiger partial charge in [-0.15, -0.1) is 0 Å². The molecule has 0 atom stereocenters. The summed E-state index contributed by atoms with van der Waals surface area (Å²) < 4.78 is 55.7. The van der Waals surface area contributed by atoms with Crippen LogP contribution in [-0.4, -0.2) is 10.9 Å². The molecule has 0 aliphatic rings. The first-order valence-corrected chi connectivity index (χ1v) is 8.03. The predicted octanol–water partition coefficient (Wildman–Crippen LogP) is 5.35. The zero-order valence-corrected chi connectivity index (χ0v) is 14.2. The minimum Gasteiger partial charge on any atom is -0.505 e. The van der Waals surface area contributed by atoms with Crippen LogP contribution in [0.4, 0.5) is 17.6 Å². The zero-order chi connectivity index (χ0) is 19.7. The third kappa shape index (κ3) is 3.69. The van der Waals surface area contributed by atoms with Crippen LogP contribution in [0.1, 0.15) is 21.5 Å². The maximum absolute atomic E-state index is 14.2. The standard InChI is InChI=1S/C21H14F4O2/c1-11-7-19(27)21(25)16(20(11)24)10-18(26)15-9-13(5-6-17(15)23)12-3-2-4-14(22)8-12/h2-9,27H,10H2,1H3. The van der Waals surface area contributed by atoms with E-state index in [-0.39, 0.29) is 11.1 Å². The molecule has 0 saturated heterocycles. The minimum atomic E-state index is -1.26. The van der Waals surface area contributed by atoms with Crippen LogP contribution >= 0.6 is 0 Å². The Balaban J connectivity index is 2.00. The van der Waals surface area contributed by atoms with Gasteiger partial charge in [0.2, 0.25) is 0 Å². The van der Waals surface area contributed by atoms with Gasteiger partial charge in [0.1, 0.15) is 17.5 Å². The van der Waals surface area contributed by atoms with Crippen molar-refractivity contribution in [3.05, 3.63) is 88.5 Å². The number of halogens is 4. The number of aryl methyl sites for hydroxylation is 1. The highest BCUT2D eigenvalue weighted by atomic mass is 19.1. The Hall–Kier alpha value is -3.15. The van der Waals surface area contributed by atoms with Gasteiger partial charge in [0.25, 0.3) is 0 Å². The summed E-state index contributed by atoms with van der Waals surface area (Å²) in [5.74, 6) is -5.24. The van der Waals surface area contributed by atoms with Gasteiger partial charge in [-0.2, -0.15) is 0 Å². The van der Waals surface area contributed by atoms with E-state index in [0.29, 0.717) is 11.1 Å². The van der Waals surface area contributed by atoms with Crippen molar-refractivity contribution in [3.8, 4) is 16.9 Å². The topological polar surface area (TPSA) is 37.3 Å². The molecule has 0 aliphatic carbocycles. The van der Waals surface area contributed by atoms with Gasteiger partial charge < -0.3 is 5.11 Å². The zero-order valence-electron chi connectivity index (χ0n) is 14.2. The fraction of sp³-hybridized carbons (Fsp3) is 0.0952. The highest BCUT2D eigenvalue weighted by molar-refractivity contribution is 5.99. The summed E-state index contributed by atoms with van der Waals surface area (Å²) in [6.07, 6.45) is -0.767. The third-order valence-corrected chi connectivity index (χ3v) is 4.22. The summed E-state index contributed by atoms with van der Waals surface area (Å²) in [5, 5.41) is 9.50. The van der Waals surface area contributed by atoms with Gasteiger partial charge in [-0.05, 0) is 53.9 Å². The lowest BCUT2D eigenvalue weighted by Gasteiger charge is -2.10. The van der Waals surface area contributed by atoms with E-state index in [2.05, 4.69) is 0 Å². The van der Waals surface area contributed by atoms with Crippen LogP contribution in [0, 0.1) is 30.2 Å². The van der Waals surface area contributed by atoms with Gasteiger partial charge in [-0.25, -0.2) is 17.6 Å². The van der Waals surface area contributed by atoms with Crippen LogP contribution in [-0.2, 0) is 6.42 Å². The molecule has 3 rings (SSSR count). The second-order valence-corrected chi connectivity index (χ2v) is 6.12. The number of rotatable bonds is 4. The summed E-state index contributed by atoms with van der Waals surface area (Å²) in [6.45, 7) is 1.31. The van der Waals surface area contributed by atoms with Crippen molar-refractivity contribution < 1.29 is 27.5 Å². The second kappa shape index (κ2) is 7.23. The fourth-order valence-electron chi connectivity index (χ4n) is 2.82. The Bertz CT molecular complexity index is 1020. The summed E-state index contributed by atoms with van der Waals surface area (Å²) >= 11 is 0. The number of benzene rings is 3. The molecule has 0 heterocycles. The average Bonchev–Trinajstić information content (AvgIpc) is 2.64. The molecular weight excluding hydrogens is 360 g/mol. The lowest BCUT2D eigenvalue weighted by Crippen LogP contribution is -2.10. The molecule has 2 nitrogen and oxygen atoms in total. The van der Waals surface area contributed by atoms with Crippen molar-refractivity contribution in [2.24, 2.45) is 0 Å². The maximum Gasteiger partial charge on any atom is 0.171 e. The molecule has 0 unspecified atom stereocenters. The number of hydrogen-bond acceptors (Lipinski definition) is 2. The third-order valence-electron chi connectivity index (χ3n) is 4.22. The number of phenolic OH excluding ortho intramolecular Hbond substituents is 1. The van der Waals surface area contributed by atoms with Gasteiger partial charge in [0.05, 0.1) is 5.56 Å². The Morgan fingerprint density at radius 3 is 2.33 bits per heavy atom. The SMILES string of the molecule is Cc1cc(O)c(F)c(CC(=O)c2cc(-c3cccc(F)c3)ccc2F)c1F. The fourth-order valence-corrected chi connectivity index (χ4v) is 2.82. The van der Waals surface area contributed by atoms with Crippen LogP contribution in [0.5, 0.6) is 5.75 Å². The first kappa shape index (κ1) is 18.6. The Morgan fingerprint density at radius 2 is 1.63 bits per heavy atom. The monoisotopic (exact) mass is 374 g/mol. The normalized spacial score (nSPS) is 10.9. The predicted molar refractivity (Wildman–Crippen MR) is 92.6 cm³/mol. The first-order chi connectivity index (χ1) is 12.8. The number of ketones is 1. The molecule has 0 amide bonds. The van der Waals surface area contributed by atoms with Crippen LogP contribution in [0.2, 0.25) is 0 Å². The molecule has 6 heteroatoms. The van der Waals surface area contributed by atoms with Crippen molar-refractivity contribution in [3.63, 3.8) is 0 Å². The van der Waals surface area contributed by atoms with E-state index >= 15 is 0 Å². The van der Waals surface area contributed by atoms with Gasteiger partial charge in [-0.3, -0.25) is 4.79 Å². The highest BCUT2D eigenvalue weighted by Crippen LogP contribution is 2.28. The van der Waals surface area contributed by atoms with E-state index in [9.17, 15) is 27.5 Å². The number of aromatic hydroxyl groups is 1. The maximum atomic E-state index is 14.2.